The molecule has 1 unspecified atom stereocenters. The Morgan fingerprint density at radius 3 is 2.69 bits per heavy atom. The average molecular weight is 240 g/mol. The van der Waals surface area contributed by atoms with E-state index in [4.69, 9.17) is 11.6 Å². The van der Waals surface area contributed by atoms with Crippen molar-refractivity contribution >= 4 is 11.6 Å². The van der Waals surface area contributed by atoms with Crippen LogP contribution in [0.2, 0.25) is 5.02 Å². The molecule has 90 valence electrons. The van der Waals surface area contributed by atoms with Crippen molar-refractivity contribution < 1.29 is 0 Å². The SMILES string of the molecule is CCCCC(NCCC)c1cccc(Cl)c1. The van der Waals surface area contributed by atoms with Crippen LogP contribution in [0.3, 0.4) is 0 Å². The molecule has 0 amide bonds. The number of halogens is 1. The van der Waals surface area contributed by atoms with E-state index in [-0.39, 0.29) is 0 Å². The van der Waals surface area contributed by atoms with Crippen LogP contribution >= 0.6 is 11.6 Å². The molecule has 1 aromatic rings. The summed E-state index contributed by atoms with van der Waals surface area (Å²) in [6.45, 7) is 5.50. The van der Waals surface area contributed by atoms with Crippen molar-refractivity contribution in [2.24, 2.45) is 0 Å². The van der Waals surface area contributed by atoms with Crippen molar-refractivity contribution in [1.29, 1.82) is 0 Å². The maximum atomic E-state index is 6.03. The van der Waals surface area contributed by atoms with Crippen LogP contribution in [0.4, 0.5) is 0 Å². The minimum absolute atomic E-state index is 0.457. The van der Waals surface area contributed by atoms with E-state index in [2.05, 4.69) is 31.3 Å². The van der Waals surface area contributed by atoms with Gasteiger partial charge < -0.3 is 5.32 Å². The molecular formula is C14H22ClN. The second-order valence-electron chi connectivity index (χ2n) is 4.20. The maximum absolute atomic E-state index is 6.03. The Morgan fingerprint density at radius 1 is 1.25 bits per heavy atom. The number of unbranched alkanes of at least 4 members (excludes halogenated alkanes) is 1. The number of hydrogen-bond donors (Lipinski definition) is 1. The third-order valence-electron chi connectivity index (χ3n) is 2.74. The molecule has 0 bridgehead atoms. The van der Waals surface area contributed by atoms with Crippen LogP contribution in [0.15, 0.2) is 24.3 Å². The van der Waals surface area contributed by atoms with Gasteiger partial charge in [-0.1, -0.05) is 50.4 Å². The molecule has 0 heterocycles. The Labute approximate surface area is 104 Å². The van der Waals surface area contributed by atoms with Crippen molar-refractivity contribution in [3.8, 4) is 0 Å². The van der Waals surface area contributed by atoms with Crippen LogP contribution in [-0.4, -0.2) is 6.54 Å². The van der Waals surface area contributed by atoms with E-state index in [1.54, 1.807) is 0 Å². The van der Waals surface area contributed by atoms with Gasteiger partial charge in [0.05, 0.1) is 0 Å². The standard InChI is InChI=1S/C14H22ClN/c1-3-5-9-14(16-10-4-2)12-7-6-8-13(15)11-12/h6-8,11,14,16H,3-5,9-10H2,1-2H3. The van der Waals surface area contributed by atoms with Gasteiger partial charge in [-0.15, -0.1) is 0 Å². The van der Waals surface area contributed by atoms with E-state index < -0.39 is 0 Å². The zero-order valence-corrected chi connectivity index (χ0v) is 11.1. The topological polar surface area (TPSA) is 12.0 Å². The molecule has 16 heavy (non-hydrogen) atoms. The van der Waals surface area contributed by atoms with Crippen LogP contribution in [-0.2, 0) is 0 Å². The molecule has 1 nitrogen and oxygen atoms in total. The Bertz CT molecular complexity index is 291. The third kappa shape index (κ3) is 4.54. The summed E-state index contributed by atoms with van der Waals surface area (Å²) in [5.41, 5.74) is 1.31. The Kier molecular flexibility index (Phi) is 6.51. The molecule has 0 saturated carbocycles. The quantitative estimate of drug-likeness (QED) is 0.735. The zero-order chi connectivity index (χ0) is 11.8. The third-order valence-corrected chi connectivity index (χ3v) is 2.97. The van der Waals surface area contributed by atoms with Gasteiger partial charge in [0.25, 0.3) is 0 Å². The van der Waals surface area contributed by atoms with Crippen LogP contribution in [0.1, 0.15) is 51.1 Å². The molecule has 1 atom stereocenters. The van der Waals surface area contributed by atoms with E-state index >= 15 is 0 Å². The highest BCUT2D eigenvalue weighted by Gasteiger charge is 2.09. The van der Waals surface area contributed by atoms with Gasteiger partial charge in [0.2, 0.25) is 0 Å². The predicted octanol–water partition coefficient (Wildman–Crippen LogP) is 4.57. The Hall–Kier alpha value is -0.530. The van der Waals surface area contributed by atoms with Gasteiger partial charge in [-0.25, -0.2) is 0 Å². The molecule has 0 aromatic heterocycles. The summed E-state index contributed by atoms with van der Waals surface area (Å²) in [7, 11) is 0. The fourth-order valence-corrected chi connectivity index (χ4v) is 2.04. The van der Waals surface area contributed by atoms with E-state index in [1.165, 1.54) is 31.2 Å². The highest BCUT2D eigenvalue weighted by molar-refractivity contribution is 6.30. The van der Waals surface area contributed by atoms with E-state index in [9.17, 15) is 0 Å². The number of hydrogen-bond acceptors (Lipinski definition) is 1. The second-order valence-corrected chi connectivity index (χ2v) is 4.64. The molecule has 1 rings (SSSR count). The summed E-state index contributed by atoms with van der Waals surface area (Å²) >= 11 is 6.03. The summed E-state index contributed by atoms with van der Waals surface area (Å²) in [5.74, 6) is 0. The van der Waals surface area contributed by atoms with Gasteiger partial charge in [0.1, 0.15) is 0 Å². The molecule has 1 N–H and O–H groups in total. The summed E-state index contributed by atoms with van der Waals surface area (Å²) in [6.07, 6.45) is 4.86. The zero-order valence-electron chi connectivity index (χ0n) is 10.3. The minimum atomic E-state index is 0.457. The maximum Gasteiger partial charge on any atom is 0.0409 e. The van der Waals surface area contributed by atoms with Gasteiger partial charge in [-0.3, -0.25) is 0 Å². The van der Waals surface area contributed by atoms with Gasteiger partial charge in [-0.05, 0) is 37.1 Å². The fourth-order valence-electron chi connectivity index (χ4n) is 1.84. The van der Waals surface area contributed by atoms with E-state index in [0.29, 0.717) is 6.04 Å². The van der Waals surface area contributed by atoms with E-state index in [0.717, 1.165) is 11.6 Å². The van der Waals surface area contributed by atoms with Crippen LogP contribution in [0.5, 0.6) is 0 Å². The number of benzene rings is 1. The average Bonchev–Trinajstić information content (AvgIpc) is 2.29. The Balaban J connectivity index is 2.66. The fraction of sp³-hybridized carbons (Fsp3) is 0.571. The molecule has 0 saturated heterocycles. The summed E-state index contributed by atoms with van der Waals surface area (Å²) in [4.78, 5) is 0. The minimum Gasteiger partial charge on any atom is -0.310 e. The molecule has 0 aliphatic carbocycles. The lowest BCUT2D eigenvalue weighted by Gasteiger charge is -2.19. The monoisotopic (exact) mass is 239 g/mol. The normalized spacial score (nSPS) is 12.7. The molecular weight excluding hydrogens is 218 g/mol. The van der Waals surface area contributed by atoms with Crippen molar-refractivity contribution in [2.75, 3.05) is 6.54 Å². The van der Waals surface area contributed by atoms with Crippen LogP contribution in [0.25, 0.3) is 0 Å². The molecule has 0 radical (unpaired) electrons. The first kappa shape index (κ1) is 13.5. The van der Waals surface area contributed by atoms with Crippen molar-refractivity contribution in [3.63, 3.8) is 0 Å². The molecule has 0 spiro atoms. The molecule has 0 aliphatic rings. The first-order valence-electron chi connectivity index (χ1n) is 6.26. The first-order valence-corrected chi connectivity index (χ1v) is 6.64. The summed E-state index contributed by atoms with van der Waals surface area (Å²) in [5, 5.41) is 4.42. The van der Waals surface area contributed by atoms with Crippen molar-refractivity contribution in [2.45, 2.75) is 45.6 Å². The second kappa shape index (κ2) is 7.70. The number of nitrogens with one attached hydrogen (secondary N) is 1. The summed E-state index contributed by atoms with van der Waals surface area (Å²) in [6, 6.07) is 8.66. The van der Waals surface area contributed by atoms with Gasteiger partial charge >= 0.3 is 0 Å². The first-order chi connectivity index (χ1) is 7.77. The summed E-state index contributed by atoms with van der Waals surface area (Å²) < 4.78 is 0. The lowest BCUT2D eigenvalue weighted by atomic mass is 10.0. The van der Waals surface area contributed by atoms with Crippen LogP contribution < -0.4 is 5.32 Å². The largest absolute Gasteiger partial charge is 0.310 e. The highest BCUT2D eigenvalue weighted by atomic mass is 35.5. The lowest BCUT2D eigenvalue weighted by molar-refractivity contribution is 0.481. The molecule has 0 aliphatic heterocycles. The number of rotatable bonds is 7. The highest BCUT2D eigenvalue weighted by Crippen LogP contribution is 2.22. The van der Waals surface area contributed by atoms with E-state index in [1.807, 2.05) is 12.1 Å². The van der Waals surface area contributed by atoms with Gasteiger partial charge in [-0.2, -0.15) is 0 Å². The molecule has 2 heteroatoms. The van der Waals surface area contributed by atoms with Crippen molar-refractivity contribution in [1.82, 2.24) is 5.32 Å². The van der Waals surface area contributed by atoms with Crippen LogP contribution in [0, 0.1) is 0 Å². The van der Waals surface area contributed by atoms with Crippen molar-refractivity contribution in [3.05, 3.63) is 34.9 Å². The molecule has 1 aromatic carbocycles. The lowest BCUT2D eigenvalue weighted by Crippen LogP contribution is -2.22. The van der Waals surface area contributed by atoms with Gasteiger partial charge in [0, 0.05) is 11.1 Å². The van der Waals surface area contributed by atoms with Gasteiger partial charge in [0.15, 0.2) is 0 Å². The molecule has 0 fully saturated rings. The smallest absolute Gasteiger partial charge is 0.0409 e. The predicted molar refractivity (Wildman–Crippen MR) is 72.0 cm³/mol. The Morgan fingerprint density at radius 2 is 2.06 bits per heavy atom.